The van der Waals surface area contributed by atoms with Gasteiger partial charge in [-0.05, 0) is 19.1 Å². The highest BCUT2D eigenvalue weighted by molar-refractivity contribution is 7.90. The molecule has 0 fully saturated rings. The molecule has 0 heterocycles. The minimum absolute atomic E-state index is 0.168. The van der Waals surface area contributed by atoms with Crippen molar-refractivity contribution in [2.75, 3.05) is 23.9 Å². The second kappa shape index (κ2) is 4.46. The van der Waals surface area contributed by atoms with Gasteiger partial charge in [0, 0.05) is 18.5 Å². The molecule has 4 heteroatoms. The van der Waals surface area contributed by atoms with Crippen LogP contribution in [0.4, 0.5) is 5.69 Å². The van der Waals surface area contributed by atoms with E-state index in [1.807, 2.05) is 31.2 Å². The molecule has 0 aliphatic rings. The average Bonchev–Trinajstić information content (AvgIpc) is 2.06. The third kappa shape index (κ3) is 4.28. The topological polar surface area (TPSA) is 46.2 Å². The number of hydrogen-bond acceptors (Lipinski definition) is 3. The van der Waals surface area contributed by atoms with Crippen LogP contribution < -0.4 is 5.32 Å². The predicted molar refractivity (Wildman–Crippen MR) is 59.4 cm³/mol. The molecule has 0 saturated heterocycles. The quantitative estimate of drug-likeness (QED) is 0.823. The molecule has 0 spiro atoms. The summed E-state index contributed by atoms with van der Waals surface area (Å²) in [6, 6.07) is 7.86. The van der Waals surface area contributed by atoms with E-state index in [2.05, 4.69) is 5.32 Å². The number of aryl methyl sites for hydroxylation is 1. The van der Waals surface area contributed by atoms with Crippen molar-refractivity contribution < 1.29 is 8.42 Å². The molecule has 0 saturated carbocycles. The number of hydrogen-bond donors (Lipinski definition) is 1. The number of nitrogens with one attached hydrogen (secondary N) is 1. The third-order valence-corrected chi connectivity index (χ3v) is 2.80. The van der Waals surface area contributed by atoms with Gasteiger partial charge in [-0.2, -0.15) is 0 Å². The average molecular weight is 213 g/mol. The summed E-state index contributed by atoms with van der Waals surface area (Å²) in [6.45, 7) is 2.47. The van der Waals surface area contributed by atoms with E-state index < -0.39 is 9.84 Å². The largest absolute Gasteiger partial charge is 0.384 e. The van der Waals surface area contributed by atoms with E-state index >= 15 is 0 Å². The highest BCUT2D eigenvalue weighted by Gasteiger charge is 2.00. The van der Waals surface area contributed by atoms with Crippen LogP contribution >= 0.6 is 0 Å². The fourth-order valence-corrected chi connectivity index (χ4v) is 1.53. The van der Waals surface area contributed by atoms with Gasteiger partial charge in [0.2, 0.25) is 0 Å². The molecule has 1 N–H and O–H groups in total. The zero-order chi connectivity index (χ0) is 10.6. The monoisotopic (exact) mass is 213 g/mol. The predicted octanol–water partition coefficient (Wildman–Crippen LogP) is 1.45. The first-order chi connectivity index (χ1) is 6.47. The maximum atomic E-state index is 10.8. The summed E-state index contributed by atoms with van der Waals surface area (Å²) in [5.41, 5.74) is 2.15. The van der Waals surface area contributed by atoms with Gasteiger partial charge in [-0.1, -0.05) is 17.7 Å². The van der Waals surface area contributed by atoms with Gasteiger partial charge in [-0.15, -0.1) is 0 Å². The smallest absolute Gasteiger partial charge is 0.149 e. The summed E-state index contributed by atoms with van der Waals surface area (Å²) >= 11 is 0. The summed E-state index contributed by atoms with van der Waals surface area (Å²) in [5.74, 6) is 0.168. The normalized spacial score (nSPS) is 11.3. The summed E-state index contributed by atoms with van der Waals surface area (Å²) in [6.07, 6.45) is 1.24. The van der Waals surface area contributed by atoms with Gasteiger partial charge in [0.05, 0.1) is 5.75 Å². The van der Waals surface area contributed by atoms with Crippen molar-refractivity contribution in [1.29, 1.82) is 0 Å². The van der Waals surface area contributed by atoms with Gasteiger partial charge in [-0.25, -0.2) is 8.42 Å². The van der Waals surface area contributed by atoms with Gasteiger partial charge in [0.25, 0.3) is 0 Å². The van der Waals surface area contributed by atoms with Crippen LogP contribution in [0.1, 0.15) is 5.56 Å². The molecular formula is C10H15NO2S. The van der Waals surface area contributed by atoms with Crippen molar-refractivity contribution in [2.24, 2.45) is 0 Å². The summed E-state index contributed by atoms with van der Waals surface area (Å²) < 4.78 is 21.7. The molecule has 1 aromatic rings. The molecule has 0 radical (unpaired) electrons. The van der Waals surface area contributed by atoms with Crippen LogP contribution in [0.15, 0.2) is 24.3 Å². The Hall–Kier alpha value is -1.03. The zero-order valence-corrected chi connectivity index (χ0v) is 9.26. The lowest BCUT2D eigenvalue weighted by molar-refractivity contribution is 0.602. The minimum atomic E-state index is -2.86. The Kier molecular flexibility index (Phi) is 3.52. The van der Waals surface area contributed by atoms with Crippen LogP contribution in [-0.2, 0) is 9.84 Å². The van der Waals surface area contributed by atoms with Crippen molar-refractivity contribution >= 4 is 15.5 Å². The van der Waals surface area contributed by atoms with E-state index in [9.17, 15) is 8.42 Å². The fraction of sp³-hybridized carbons (Fsp3) is 0.400. The van der Waals surface area contributed by atoms with Crippen molar-refractivity contribution in [3.05, 3.63) is 29.8 Å². The molecule has 14 heavy (non-hydrogen) atoms. The van der Waals surface area contributed by atoms with Crippen LogP contribution in [0.5, 0.6) is 0 Å². The van der Waals surface area contributed by atoms with E-state index in [4.69, 9.17) is 0 Å². The molecule has 0 amide bonds. The Bertz CT molecular complexity index is 381. The van der Waals surface area contributed by atoms with Crippen LogP contribution in [0.2, 0.25) is 0 Å². The molecule has 0 aliphatic carbocycles. The minimum Gasteiger partial charge on any atom is -0.384 e. The molecule has 1 rings (SSSR count). The summed E-state index contributed by atoms with van der Waals surface area (Å²) in [5, 5.41) is 3.05. The molecule has 0 atom stereocenters. The van der Waals surface area contributed by atoms with Gasteiger partial charge >= 0.3 is 0 Å². The van der Waals surface area contributed by atoms with E-state index in [-0.39, 0.29) is 5.75 Å². The number of rotatable bonds is 4. The van der Waals surface area contributed by atoms with E-state index in [1.165, 1.54) is 11.8 Å². The standard InChI is InChI=1S/C10H15NO2S/c1-9-3-5-10(6-4-9)11-7-8-14(2,12)13/h3-6,11H,7-8H2,1-2H3. The summed E-state index contributed by atoms with van der Waals surface area (Å²) in [7, 11) is -2.86. The second-order valence-electron chi connectivity index (χ2n) is 3.42. The SMILES string of the molecule is Cc1ccc(NCCS(C)(=O)=O)cc1. The Morgan fingerprint density at radius 1 is 1.21 bits per heavy atom. The first-order valence-electron chi connectivity index (χ1n) is 4.46. The lowest BCUT2D eigenvalue weighted by Crippen LogP contribution is -2.13. The Morgan fingerprint density at radius 3 is 2.29 bits per heavy atom. The molecule has 78 valence electrons. The van der Waals surface area contributed by atoms with Crippen LogP contribution in [0.3, 0.4) is 0 Å². The fourth-order valence-electron chi connectivity index (χ4n) is 1.05. The lowest BCUT2D eigenvalue weighted by Gasteiger charge is -2.05. The van der Waals surface area contributed by atoms with Crippen molar-refractivity contribution in [1.82, 2.24) is 0 Å². The van der Waals surface area contributed by atoms with E-state index in [1.54, 1.807) is 0 Å². The Labute approximate surface area is 85.1 Å². The first kappa shape index (κ1) is 11.0. The molecule has 1 aromatic carbocycles. The van der Waals surface area contributed by atoms with Crippen molar-refractivity contribution in [2.45, 2.75) is 6.92 Å². The number of sulfone groups is 1. The molecule has 0 aliphatic heterocycles. The Morgan fingerprint density at radius 2 is 1.79 bits per heavy atom. The number of anilines is 1. The van der Waals surface area contributed by atoms with Crippen molar-refractivity contribution in [3.8, 4) is 0 Å². The summed E-state index contributed by atoms with van der Waals surface area (Å²) in [4.78, 5) is 0. The Balaban J connectivity index is 2.43. The molecule has 0 bridgehead atoms. The highest BCUT2D eigenvalue weighted by atomic mass is 32.2. The maximum absolute atomic E-state index is 10.8. The lowest BCUT2D eigenvalue weighted by atomic mass is 10.2. The first-order valence-corrected chi connectivity index (χ1v) is 6.52. The van der Waals surface area contributed by atoms with Crippen molar-refractivity contribution in [3.63, 3.8) is 0 Å². The molecule has 3 nitrogen and oxygen atoms in total. The second-order valence-corrected chi connectivity index (χ2v) is 5.68. The van der Waals surface area contributed by atoms with E-state index in [0.717, 1.165) is 5.69 Å². The van der Waals surface area contributed by atoms with Crippen LogP contribution in [0.25, 0.3) is 0 Å². The molecule has 0 unspecified atom stereocenters. The van der Waals surface area contributed by atoms with Gasteiger partial charge in [0.15, 0.2) is 0 Å². The maximum Gasteiger partial charge on any atom is 0.149 e. The van der Waals surface area contributed by atoms with Gasteiger partial charge in [-0.3, -0.25) is 0 Å². The van der Waals surface area contributed by atoms with Gasteiger partial charge in [0.1, 0.15) is 9.84 Å². The van der Waals surface area contributed by atoms with E-state index in [0.29, 0.717) is 6.54 Å². The van der Waals surface area contributed by atoms with Crippen LogP contribution in [-0.4, -0.2) is 27.0 Å². The highest BCUT2D eigenvalue weighted by Crippen LogP contribution is 2.07. The van der Waals surface area contributed by atoms with Crippen LogP contribution in [0, 0.1) is 6.92 Å². The zero-order valence-electron chi connectivity index (χ0n) is 8.45. The third-order valence-electron chi connectivity index (χ3n) is 1.85. The molecule has 0 aromatic heterocycles. The van der Waals surface area contributed by atoms with Gasteiger partial charge < -0.3 is 5.32 Å². The molecular weight excluding hydrogens is 198 g/mol. The number of benzene rings is 1.